The van der Waals surface area contributed by atoms with Crippen LogP contribution in [0.25, 0.3) is 11.3 Å². The van der Waals surface area contributed by atoms with E-state index in [9.17, 15) is 4.79 Å². The molecule has 7 heteroatoms. The monoisotopic (exact) mass is 413 g/mol. The highest BCUT2D eigenvalue weighted by Crippen LogP contribution is 2.36. The van der Waals surface area contributed by atoms with Crippen molar-refractivity contribution in [2.75, 3.05) is 23.9 Å². The van der Waals surface area contributed by atoms with Gasteiger partial charge in [-0.25, -0.2) is 4.98 Å². The molecular weight excluding hydrogens is 390 g/mol. The van der Waals surface area contributed by atoms with Crippen LogP contribution in [0.5, 0.6) is 5.75 Å². The molecule has 3 rings (SSSR count). The van der Waals surface area contributed by atoms with Crippen molar-refractivity contribution in [3.05, 3.63) is 53.1 Å². The number of nitrogens with two attached hydrogens (primary N) is 1. The number of rotatable bonds is 6. The minimum Gasteiger partial charge on any atom is -0.497 e. The zero-order valence-corrected chi connectivity index (χ0v) is 18.0. The van der Waals surface area contributed by atoms with Crippen molar-refractivity contribution < 1.29 is 9.53 Å². The van der Waals surface area contributed by atoms with Crippen molar-refractivity contribution in [1.29, 1.82) is 0 Å². The predicted octanol–water partition coefficient (Wildman–Crippen LogP) is 5.06. The number of carbonyl (C=O) groups excluding carboxylic acids is 1. The third-order valence-electron chi connectivity index (χ3n) is 4.27. The minimum atomic E-state index is -0.0557. The molecule has 1 aromatic heterocycles. The highest BCUT2D eigenvalue weighted by atomic mass is 32.2. The lowest BCUT2D eigenvalue weighted by Crippen LogP contribution is -2.15. The van der Waals surface area contributed by atoms with Crippen LogP contribution in [0, 0.1) is 20.8 Å². The van der Waals surface area contributed by atoms with Crippen LogP contribution in [0.4, 0.5) is 10.7 Å². The predicted molar refractivity (Wildman–Crippen MR) is 119 cm³/mol. The van der Waals surface area contributed by atoms with Gasteiger partial charge in [0.2, 0.25) is 5.91 Å². The number of aromatic nitrogens is 1. The van der Waals surface area contributed by atoms with Crippen molar-refractivity contribution in [3.63, 3.8) is 0 Å². The number of ether oxygens (including phenoxy) is 1. The summed E-state index contributed by atoms with van der Waals surface area (Å²) in [5.41, 5.74) is 12.0. The van der Waals surface area contributed by atoms with Gasteiger partial charge in [-0.05, 0) is 56.2 Å². The Morgan fingerprint density at radius 3 is 2.43 bits per heavy atom. The van der Waals surface area contributed by atoms with Crippen LogP contribution in [0.15, 0.2) is 40.7 Å². The smallest absolute Gasteiger partial charge is 0.234 e. The van der Waals surface area contributed by atoms with E-state index in [4.69, 9.17) is 10.5 Å². The van der Waals surface area contributed by atoms with Crippen LogP contribution in [0.2, 0.25) is 0 Å². The normalized spacial score (nSPS) is 10.7. The molecule has 1 heterocycles. The van der Waals surface area contributed by atoms with Crippen molar-refractivity contribution in [2.24, 2.45) is 0 Å². The van der Waals surface area contributed by atoms with Gasteiger partial charge in [-0.3, -0.25) is 4.79 Å². The Hall–Kier alpha value is -2.51. The number of methoxy groups -OCH3 is 1. The first-order chi connectivity index (χ1) is 13.4. The summed E-state index contributed by atoms with van der Waals surface area (Å²) in [5.74, 6) is 1.01. The zero-order valence-electron chi connectivity index (χ0n) is 16.3. The third-order valence-corrected chi connectivity index (χ3v) is 6.29. The molecule has 1 amide bonds. The van der Waals surface area contributed by atoms with Crippen LogP contribution in [0.3, 0.4) is 0 Å². The number of nitrogens with one attached hydrogen (secondary N) is 1. The molecule has 0 aliphatic carbocycles. The van der Waals surface area contributed by atoms with Crippen LogP contribution < -0.4 is 15.8 Å². The molecule has 3 N–H and O–H groups in total. The minimum absolute atomic E-state index is 0.0557. The van der Waals surface area contributed by atoms with E-state index in [2.05, 4.69) is 29.4 Å². The number of thioether (sulfide) groups is 1. The van der Waals surface area contributed by atoms with E-state index in [1.165, 1.54) is 28.7 Å². The zero-order chi connectivity index (χ0) is 20.3. The van der Waals surface area contributed by atoms with E-state index in [1.807, 2.05) is 38.1 Å². The molecule has 0 radical (unpaired) electrons. The quantitative estimate of drug-likeness (QED) is 0.553. The number of nitrogens with zero attached hydrogens (tertiary/aromatic N) is 1. The average Bonchev–Trinajstić information content (AvgIpc) is 3.03. The standard InChI is InChI=1S/C21H23N3O2S2/c1-12-9-13(2)18(14(3)10-12)23-17(25)11-27-21-24-19(20(22)28-21)15-5-7-16(26-4)8-6-15/h5-10H,11,22H2,1-4H3,(H,23,25). The SMILES string of the molecule is COc1ccc(-c2nc(SCC(=O)Nc3c(C)cc(C)cc3C)sc2N)cc1. The van der Waals surface area contributed by atoms with E-state index in [0.29, 0.717) is 5.00 Å². The maximum Gasteiger partial charge on any atom is 0.234 e. The number of anilines is 2. The fraction of sp³-hybridized carbons (Fsp3) is 0.238. The Bertz CT molecular complexity index is 974. The second-order valence-corrected chi connectivity index (χ2v) is 8.78. The second kappa shape index (κ2) is 8.67. The molecule has 0 fully saturated rings. The van der Waals surface area contributed by atoms with Crippen molar-refractivity contribution in [3.8, 4) is 17.0 Å². The highest BCUT2D eigenvalue weighted by molar-refractivity contribution is 8.01. The van der Waals surface area contributed by atoms with Gasteiger partial charge in [-0.1, -0.05) is 40.8 Å². The van der Waals surface area contributed by atoms with Gasteiger partial charge in [0.05, 0.1) is 12.9 Å². The van der Waals surface area contributed by atoms with E-state index in [1.54, 1.807) is 7.11 Å². The molecule has 28 heavy (non-hydrogen) atoms. The number of thiazole rings is 1. The lowest BCUT2D eigenvalue weighted by Gasteiger charge is -2.12. The number of nitrogen functional groups attached to an aromatic ring is 1. The Morgan fingerprint density at radius 2 is 1.82 bits per heavy atom. The first-order valence-electron chi connectivity index (χ1n) is 8.78. The van der Waals surface area contributed by atoms with Crippen LogP contribution in [0.1, 0.15) is 16.7 Å². The number of benzene rings is 2. The lowest BCUT2D eigenvalue weighted by molar-refractivity contribution is -0.113. The van der Waals surface area contributed by atoms with E-state index >= 15 is 0 Å². The van der Waals surface area contributed by atoms with Crippen molar-refractivity contribution in [2.45, 2.75) is 25.1 Å². The molecule has 3 aromatic rings. The van der Waals surface area contributed by atoms with Gasteiger partial charge in [0, 0.05) is 11.3 Å². The summed E-state index contributed by atoms with van der Waals surface area (Å²) >= 11 is 2.78. The number of aryl methyl sites for hydroxylation is 3. The molecule has 0 atom stereocenters. The number of amides is 1. The third kappa shape index (κ3) is 4.66. The molecule has 0 saturated heterocycles. The van der Waals surface area contributed by atoms with Gasteiger partial charge in [0.25, 0.3) is 0 Å². The Kier molecular flexibility index (Phi) is 6.26. The molecule has 5 nitrogen and oxygen atoms in total. The summed E-state index contributed by atoms with van der Waals surface area (Å²) in [6, 6.07) is 11.7. The van der Waals surface area contributed by atoms with Gasteiger partial charge < -0.3 is 15.8 Å². The number of hydrogen-bond donors (Lipinski definition) is 2. The first kappa shape index (κ1) is 20.2. The second-order valence-electron chi connectivity index (χ2n) is 6.53. The summed E-state index contributed by atoms with van der Waals surface area (Å²) in [7, 11) is 1.63. The first-order valence-corrected chi connectivity index (χ1v) is 10.6. The molecule has 0 saturated carbocycles. The molecule has 146 valence electrons. The summed E-state index contributed by atoms with van der Waals surface area (Å²) in [6.07, 6.45) is 0. The maximum atomic E-state index is 12.4. The van der Waals surface area contributed by atoms with Crippen molar-refractivity contribution in [1.82, 2.24) is 4.98 Å². The molecule has 0 aliphatic rings. The largest absolute Gasteiger partial charge is 0.497 e. The molecule has 0 unspecified atom stereocenters. The van der Waals surface area contributed by atoms with Crippen LogP contribution in [-0.4, -0.2) is 23.8 Å². The summed E-state index contributed by atoms with van der Waals surface area (Å²) in [6.45, 7) is 6.06. The van der Waals surface area contributed by atoms with Crippen LogP contribution in [-0.2, 0) is 4.79 Å². The van der Waals surface area contributed by atoms with Crippen LogP contribution >= 0.6 is 23.1 Å². The summed E-state index contributed by atoms with van der Waals surface area (Å²) < 4.78 is 5.95. The fourth-order valence-corrected chi connectivity index (χ4v) is 4.76. The number of hydrogen-bond acceptors (Lipinski definition) is 6. The topological polar surface area (TPSA) is 77.2 Å². The number of carbonyl (C=O) groups is 1. The fourth-order valence-electron chi connectivity index (χ4n) is 3.01. The highest BCUT2D eigenvalue weighted by Gasteiger charge is 2.14. The van der Waals surface area contributed by atoms with Gasteiger partial charge in [0.15, 0.2) is 4.34 Å². The molecule has 2 aromatic carbocycles. The van der Waals surface area contributed by atoms with E-state index in [-0.39, 0.29) is 11.7 Å². The lowest BCUT2D eigenvalue weighted by atomic mass is 10.1. The Balaban J connectivity index is 1.66. The maximum absolute atomic E-state index is 12.4. The molecular formula is C21H23N3O2S2. The molecule has 0 aliphatic heterocycles. The molecule has 0 spiro atoms. The molecule has 0 bridgehead atoms. The average molecular weight is 414 g/mol. The van der Waals surface area contributed by atoms with Gasteiger partial charge in [-0.2, -0.15) is 0 Å². The van der Waals surface area contributed by atoms with Gasteiger partial charge >= 0.3 is 0 Å². The van der Waals surface area contributed by atoms with E-state index < -0.39 is 0 Å². The Morgan fingerprint density at radius 1 is 1.18 bits per heavy atom. The van der Waals surface area contributed by atoms with Gasteiger partial charge in [-0.15, -0.1) is 0 Å². The Labute approximate surface area is 173 Å². The summed E-state index contributed by atoms with van der Waals surface area (Å²) in [5, 5.41) is 3.65. The van der Waals surface area contributed by atoms with Crippen molar-refractivity contribution >= 4 is 39.7 Å². The van der Waals surface area contributed by atoms with E-state index in [0.717, 1.165) is 38.2 Å². The summed E-state index contributed by atoms with van der Waals surface area (Å²) in [4.78, 5) is 17.0. The van der Waals surface area contributed by atoms with Gasteiger partial charge in [0.1, 0.15) is 16.4 Å².